The molecule has 108 valence electrons. The third-order valence-corrected chi connectivity index (χ3v) is 4.28. The maximum atomic E-state index is 12.1. The van der Waals surface area contributed by atoms with Crippen molar-refractivity contribution in [2.75, 3.05) is 11.1 Å². The Hall–Kier alpha value is -1.67. The maximum Gasteiger partial charge on any atom is 0.265 e. The first kappa shape index (κ1) is 14.7. The molecule has 0 bridgehead atoms. The van der Waals surface area contributed by atoms with E-state index in [-0.39, 0.29) is 17.8 Å². The average molecular weight is 311 g/mol. The highest BCUT2D eigenvalue weighted by atomic mass is 32.1. The zero-order valence-corrected chi connectivity index (χ0v) is 13.2. The van der Waals surface area contributed by atoms with Crippen molar-refractivity contribution in [2.45, 2.75) is 33.4 Å². The second-order valence-electron chi connectivity index (χ2n) is 4.56. The van der Waals surface area contributed by atoms with Gasteiger partial charge >= 0.3 is 0 Å². The zero-order chi connectivity index (χ0) is 14.7. The predicted molar refractivity (Wildman–Crippen MR) is 83.3 cm³/mol. The van der Waals surface area contributed by atoms with Crippen LogP contribution in [0.1, 0.15) is 33.4 Å². The number of carbonyl (C=O) groups is 1. The summed E-state index contributed by atoms with van der Waals surface area (Å²) in [5.74, 6) is 0.0546. The van der Waals surface area contributed by atoms with Crippen molar-refractivity contribution in [1.29, 1.82) is 0 Å². The van der Waals surface area contributed by atoms with E-state index in [1.807, 2.05) is 20.8 Å². The Kier molecular flexibility index (Phi) is 4.56. The molecule has 6 nitrogen and oxygen atoms in total. The third-order valence-electron chi connectivity index (χ3n) is 2.36. The van der Waals surface area contributed by atoms with Gasteiger partial charge in [-0.15, -0.1) is 11.3 Å². The highest BCUT2D eigenvalue weighted by Gasteiger charge is 2.16. The molecule has 0 saturated heterocycles. The Morgan fingerprint density at radius 3 is 2.80 bits per heavy atom. The summed E-state index contributed by atoms with van der Waals surface area (Å²) in [5.41, 5.74) is 5.78. The first-order valence-electron chi connectivity index (χ1n) is 6.18. The van der Waals surface area contributed by atoms with Gasteiger partial charge in [0.05, 0.1) is 11.6 Å². The van der Waals surface area contributed by atoms with Gasteiger partial charge in [-0.25, -0.2) is 9.97 Å². The first-order valence-corrected chi connectivity index (χ1v) is 7.81. The molecule has 0 atom stereocenters. The van der Waals surface area contributed by atoms with Gasteiger partial charge < -0.3 is 16.4 Å². The van der Waals surface area contributed by atoms with Crippen LogP contribution in [0.15, 0.2) is 6.20 Å². The number of hydrogen-bond acceptors (Lipinski definition) is 7. The number of hydrogen-bond donors (Lipinski definition) is 3. The number of carbonyl (C=O) groups excluding carboxylic acids is 1. The van der Waals surface area contributed by atoms with E-state index in [4.69, 9.17) is 5.73 Å². The molecule has 0 aliphatic rings. The molecule has 0 unspecified atom stereocenters. The summed E-state index contributed by atoms with van der Waals surface area (Å²) in [7, 11) is 0. The van der Waals surface area contributed by atoms with E-state index < -0.39 is 0 Å². The Labute approximate surface area is 125 Å². The fraction of sp³-hybridized carbons (Fsp3) is 0.417. The molecule has 8 heteroatoms. The fourth-order valence-electron chi connectivity index (χ4n) is 1.54. The summed E-state index contributed by atoms with van der Waals surface area (Å²) in [5, 5.41) is 7.61. The number of aromatic nitrogens is 2. The summed E-state index contributed by atoms with van der Waals surface area (Å²) in [6.07, 6.45) is 1.77. The lowest BCUT2D eigenvalue weighted by atomic mass is 10.4. The van der Waals surface area contributed by atoms with E-state index in [1.54, 1.807) is 17.5 Å². The Bertz CT molecular complexity index is 605. The van der Waals surface area contributed by atoms with E-state index in [0.29, 0.717) is 16.6 Å². The largest absolute Gasteiger partial charge is 0.382 e. The topological polar surface area (TPSA) is 92.9 Å². The molecular formula is C12H17N5OS2. The number of nitrogens with two attached hydrogens (primary N) is 1. The van der Waals surface area contributed by atoms with Crippen LogP contribution in [0.3, 0.4) is 0 Å². The van der Waals surface area contributed by atoms with E-state index in [1.165, 1.54) is 11.3 Å². The van der Waals surface area contributed by atoms with Crippen molar-refractivity contribution in [1.82, 2.24) is 15.3 Å². The highest BCUT2D eigenvalue weighted by Crippen LogP contribution is 2.25. The van der Waals surface area contributed by atoms with Gasteiger partial charge in [0, 0.05) is 17.1 Å². The maximum absolute atomic E-state index is 12.1. The molecule has 0 aliphatic heterocycles. The van der Waals surface area contributed by atoms with Crippen molar-refractivity contribution < 1.29 is 4.79 Å². The van der Waals surface area contributed by atoms with Crippen LogP contribution in [0.2, 0.25) is 0 Å². The predicted octanol–water partition coefficient (Wildman–Crippen LogP) is 2.24. The van der Waals surface area contributed by atoms with Crippen LogP contribution in [0.5, 0.6) is 0 Å². The second-order valence-corrected chi connectivity index (χ2v) is 6.88. The highest BCUT2D eigenvalue weighted by molar-refractivity contribution is 7.18. The lowest BCUT2D eigenvalue weighted by molar-refractivity contribution is 0.0956. The van der Waals surface area contributed by atoms with Gasteiger partial charge in [-0.2, -0.15) is 0 Å². The molecule has 2 aromatic rings. The molecule has 4 N–H and O–H groups in total. The normalized spacial score (nSPS) is 10.8. The molecule has 0 fully saturated rings. The van der Waals surface area contributed by atoms with Gasteiger partial charge in [-0.1, -0.05) is 11.3 Å². The molecule has 0 spiro atoms. The van der Waals surface area contributed by atoms with Gasteiger partial charge in [-0.3, -0.25) is 4.79 Å². The number of rotatable bonds is 5. The summed E-state index contributed by atoms with van der Waals surface area (Å²) >= 11 is 2.83. The van der Waals surface area contributed by atoms with Gasteiger partial charge in [-0.05, 0) is 20.8 Å². The SMILES string of the molecule is Cc1ncc(CNC(=O)c2sc(NC(C)C)nc2N)s1. The van der Waals surface area contributed by atoms with Crippen LogP contribution in [0.25, 0.3) is 0 Å². The van der Waals surface area contributed by atoms with Crippen LogP contribution >= 0.6 is 22.7 Å². The van der Waals surface area contributed by atoms with E-state index in [0.717, 1.165) is 9.88 Å². The van der Waals surface area contributed by atoms with Crippen LogP contribution in [0.4, 0.5) is 10.9 Å². The van der Waals surface area contributed by atoms with Crippen LogP contribution in [0, 0.1) is 6.92 Å². The number of nitrogen functional groups attached to an aromatic ring is 1. The molecule has 0 saturated carbocycles. The van der Waals surface area contributed by atoms with Crippen molar-refractivity contribution >= 4 is 39.5 Å². The third kappa shape index (κ3) is 3.67. The standard InChI is InChI=1S/C12H17N5OS2/c1-6(2)16-12-17-10(13)9(20-12)11(18)15-5-8-4-14-7(3)19-8/h4,6H,5,13H2,1-3H3,(H,15,18)(H,16,17). The number of nitrogens with zero attached hydrogens (tertiary/aromatic N) is 2. The Morgan fingerprint density at radius 1 is 1.45 bits per heavy atom. The average Bonchev–Trinajstić information content (AvgIpc) is 2.92. The van der Waals surface area contributed by atoms with E-state index in [9.17, 15) is 4.79 Å². The van der Waals surface area contributed by atoms with Crippen LogP contribution in [-0.4, -0.2) is 21.9 Å². The number of anilines is 2. The van der Waals surface area contributed by atoms with Gasteiger partial charge in [0.2, 0.25) is 0 Å². The lowest BCUT2D eigenvalue weighted by Crippen LogP contribution is -2.22. The zero-order valence-electron chi connectivity index (χ0n) is 11.6. The minimum absolute atomic E-state index is 0.206. The molecule has 2 heterocycles. The molecule has 1 amide bonds. The summed E-state index contributed by atoms with van der Waals surface area (Å²) in [6, 6.07) is 0.247. The van der Waals surface area contributed by atoms with Gasteiger partial charge in [0.25, 0.3) is 5.91 Å². The number of thiazole rings is 2. The van der Waals surface area contributed by atoms with Crippen molar-refractivity contribution in [3.05, 3.63) is 21.0 Å². The molecule has 2 rings (SSSR count). The molecule has 0 aliphatic carbocycles. The molecule has 0 radical (unpaired) electrons. The Morgan fingerprint density at radius 2 is 2.20 bits per heavy atom. The van der Waals surface area contributed by atoms with Gasteiger partial charge in [0.1, 0.15) is 10.7 Å². The lowest BCUT2D eigenvalue weighted by Gasteiger charge is -2.04. The van der Waals surface area contributed by atoms with Crippen molar-refractivity contribution in [2.24, 2.45) is 0 Å². The summed E-state index contributed by atoms with van der Waals surface area (Å²) < 4.78 is 0. The fourth-order valence-corrected chi connectivity index (χ4v) is 3.22. The minimum atomic E-state index is -0.206. The number of amides is 1. The number of nitrogens with one attached hydrogen (secondary N) is 2. The van der Waals surface area contributed by atoms with Crippen LogP contribution in [-0.2, 0) is 6.54 Å². The van der Waals surface area contributed by atoms with Crippen LogP contribution < -0.4 is 16.4 Å². The Balaban J connectivity index is 2.00. The van der Waals surface area contributed by atoms with Crippen molar-refractivity contribution in [3.8, 4) is 0 Å². The smallest absolute Gasteiger partial charge is 0.265 e. The number of aryl methyl sites for hydroxylation is 1. The second kappa shape index (κ2) is 6.19. The van der Waals surface area contributed by atoms with E-state index in [2.05, 4.69) is 20.6 Å². The molecule has 20 heavy (non-hydrogen) atoms. The molecular weight excluding hydrogens is 294 g/mol. The van der Waals surface area contributed by atoms with Gasteiger partial charge in [0.15, 0.2) is 5.13 Å². The first-order chi connectivity index (χ1) is 9.45. The molecule has 0 aromatic carbocycles. The van der Waals surface area contributed by atoms with Crippen molar-refractivity contribution in [3.63, 3.8) is 0 Å². The monoisotopic (exact) mass is 311 g/mol. The summed E-state index contributed by atoms with van der Waals surface area (Å²) in [4.78, 5) is 21.8. The minimum Gasteiger partial charge on any atom is -0.382 e. The summed E-state index contributed by atoms with van der Waals surface area (Å²) in [6.45, 7) is 6.39. The quantitative estimate of drug-likeness (QED) is 0.787. The van der Waals surface area contributed by atoms with E-state index >= 15 is 0 Å². The molecule has 2 aromatic heterocycles.